The van der Waals surface area contributed by atoms with E-state index in [-0.39, 0.29) is 12.4 Å². The van der Waals surface area contributed by atoms with Gasteiger partial charge in [0.25, 0.3) is 0 Å². The molecule has 0 fully saturated rings. The highest BCUT2D eigenvalue weighted by atomic mass is 35.5. The van der Waals surface area contributed by atoms with Gasteiger partial charge in [0.1, 0.15) is 6.61 Å². The minimum atomic E-state index is -5.07. The maximum atomic E-state index is 12.8. The fourth-order valence-corrected chi connectivity index (χ4v) is 1.34. The van der Waals surface area contributed by atoms with Gasteiger partial charge in [-0.25, -0.2) is 0 Å². The first-order valence-corrected chi connectivity index (χ1v) is 5.47. The van der Waals surface area contributed by atoms with Crippen molar-refractivity contribution in [3.05, 3.63) is 34.9 Å². The summed E-state index contributed by atoms with van der Waals surface area (Å²) in [5, 5.41) is 0. The standard InChI is InChI=1S/C11H12BClF3O/c1-8-3-4-11(17-7-9(2)6-13)10(5-8)12(14,15)16/h3-6H,7H2,1-2H3/q-1/b9-6-. The molecule has 0 aliphatic rings. The minimum absolute atomic E-state index is 0.0473. The summed E-state index contributed by atoms with van der Waals surface area (Å²) < 4.78 is 43.4. The van der Waals surface area contributed by atoms with Gasteiger partial charge in [0.2, 0.25) is 0 Å². The number of hydrogen-bond donors (Lipinski definition) is 0. The van der Waals surface area contributed by atoms with E-state index >= 15 is 0 Å². The third-order valence-electron chi connectivity index (χ3n) is 2.16. The molecule has 0 aliphatic carbocycles. The number of aryl methyl sites for hydroxylation is 1. The Hall–Kier alpha value is -1.10. The van der Waals surface area contributed by atoms with E-state index in [2.05, 4.69) is 0 Å². The van der Waals surface area contributed by atoms with Gasteiger partial charge < -0.3 is 17.7 Å². The van der Waals surface area contributed by atoms with Gasteiger partial charge in [0, 0.05) is 5.54 Å². The van der Waals surface area contributed by atoms with Crippen LogP contribution in [0, 0.1) is 6.92 Å². The third kappa shape index (κ3) is 4.00. The van der Waals surface area contributed by atoms with E-state index in [1.807, 2.05) is 0 Å². The quantitative estimate of drug-likeness (QED) is 0.755. The highest BCUT2D eigenvalue weighted by molar-refractivity contribution is 6.74. The molecule has 0 N–H and O–H groups in total. The van der Waals surface area contributed by atoms with Gasteiger partial charge in [-0.2, -0.15) is 0 Å². The third-order valence-corrected chi connectivity index (χ3v) is 2.53. The van der Waals surface area contributed by atoms with E-state index in [0.717, 1.165) is 6.07 Å². The Bertz CT molecular complexity index is 429. The summed E-state index contributed by atoms with van der Waals surface area (Å²) in [6.45, 7) is -1.73. The second-order valence-electron chi connectivity index (χ2n) is 3.86. The van der Waals surface area contributed by atoms with Crippen molar-refractivity contribution in [2.24, 2.45) is 0 Å². The van der Waals surface area contributed by atoms with E-state index in [9.17, 15) is 12.9 Å². The Morgan fingerprint density at radius 3 is 2.59 bits per heavy atom. The molecule has 0 atom stereocenters. The molecule has 1 nitrogen and oxygen atoms in total. The van der Waals surface area contributed by atoms with Crippen LogP contribution >= 0.6 is 11.6 Å². The first-order chi connectivity index (χ1) is 7.84. The van der Waals surface area contributed by atoms with Crippen LogP contribution in [0.4, 0.5) is 12.9 Å². The van der Waals surface area contributed by atoms with Crippen LogP contribution in [0.5, 0.6) is 5.75 Å². The maximum Gasteiger partial charge on any atom is 0.513 e. The molecule has 0 heterocycles. The lowest BCUT2D eigenvalue weighted by atomic mass is 9.78. The van der Waals surface area contributed by atoms with Gasteiger partial charge in [-0.1, -0.05) is 34.8 Å². The van der Waals surface area contributed by atoms with Crippen LogP contribution in [0.15, 0.2) is 29.3 Å². The molecule has 0 saturated carbocycles. The zero-order valence-electron chi connectivity index (χ0n) is 9.51. The van der Waals surface area contributed by atoms with Gasteiger partial charge >= 0.3 is 6.98 Å². The average molecular weight is 263 g/mol. The summed E-state index contributed by atoms with van der Waals surface area (Å²) in [5.74, 6) is -0.152. The van der Waals surface area contributed by atoms with Crippen LogP contribution in [0.2, 0.25) is 0 Å². The average Bonchev–Trinajstić information content (AvgIpc) is 2.25. The van der Waals surface area contributed by atoms with Crippen LogP contribution in [0.25, 0.3) is 0 Å². The molecular formula is C11H12BClF3O-. The molecule has 0 aliphatic heterocycles. The monoisotopic (exact) mass is 263 g/mol. The van der Waals surface area contributed by atoms with Crippen molar-refractivity contribution in [1.82, 2.24) is 0 Å². The van der Waals surface area contributed by atoms with Crippen LogP contribution in [0.1, 0.15) is 12.5 Å². The molecule has 0 bridgehead atoms. The fourth-order valence-electron chi connectivity index (χ4n) is 1.28. The summed E-state index contributed by atoms with van der Waals surface area (Å²) >= 11 is 5.41. The van der Waals surface area contributed by atoms with Crippen molar-refractivity contribution in [2.45, 2.75) is 13.8 Å². The molecule has 0 unspecified atom stereocenters. The lowest BCUT2D eigenvalue weighted by molar-refractivity contribution is 0.352. The first kappa shape index (κ1) is 14.0. The topological polar surface area (TPSA) is 9.23 Å². The lowest BCUT2D eigenvalue weighted by Gasteiger charge is -2.20. The van der Waals surface area contributed by atoms with Gasteiger partial charge in [-0.15, -0.1) is 0 Å². The summed E-state index contributed by atoms with van der Waals surface area (Å²) in [5.41, 5.74) is 1.79. The molecule has 0 radical (unpaired) electrons. The minimum Gasteiger partial charge on any atom is -0.492 e. The number of rotatable bonds is 4. The predicted octanol–water partition coefficient (Wildman–Crippen LogP) is 3.57. The van der Waals surface area contributed by atoms with Crippen molar-refractivity contribution >= 4 is 24.0 Å². The van der Waals surface area contributed by atoms with Crippen molar-refractivity contribution in [2.75, 3.05) is 6.61 Å². The van der Waals surface area contributed by atoms with Crippen molar-refractivity contribution in [3.63, 3.8) is 0 Å². The Labute approximate surface area is 103 Å². The molecule has 0 saturated heterocycles. The summed E-state index contributed by atoms with van der Waals surface area (Å²) in [6, 6.07) is 4.01. The number of ether oxygens (including phenoxy) is 1. The van der Waals surface area contributed by atoms with E-state index in [0.29, 0.717) is 11.1 Å². The van der Waals surface area contributed by atoms with E-state index in [1.165, 1.54) is 11.6 Å². The molecule has 1 rings (SSSR count). The lowest BCUT2D eigenvalue weighted by Crippen LogP contribution is -2.35. The second-order valence-corrected chi connectivity index (χ2v) is 4.08. The van der Waals surface area contributed by atoms with Crippen molar-refractivity contribution in [1.29, 1.82) is 0 Å². The smallest absolute Gasteiger partial charge is 0.492 e. The van der Waals surface area contributed by atoms with Gasteiger partial charge in [-0.05, 0) is 25.5 Å². The summed E-state index contributed by atoms with van der Waals surface area (Å²) in [7, 11) is 0. The molecule has 17 heavy (non-hydrogen) atoms. The van der Waals surface area contributed by atoms with Gasteiger partial charge in [0.05, 0.1) is 5.75 Å². The van der Waals surface area contributed by atoms with Gasteiger partial charge in [0.15, 0.2) is 0 Å². The van der Waals surface area contributed by atoms with E-state index in [1.54, 1.807) is 19.9 Å². The normalized spacial score (nSPS) is 12.7. The SMILES string of the molecule is C/C(=C/Cl)COc1ccc(C)cc1[B-](F)(F)F. The molecule has 1 aromatic carbocycles. The number of halogens is 4. The summed E-state index contributed by atoms with van der Waals surface area (Å²) in [6.07, 6.45) is 0. The molecule has 0 amide bonds. The van der Waals surface area contributed by atoms with Crippen molar-refractivity contribution < 1.29 is 17.7 Å². The Kier molecular flexibility index (Phi) is 4.51. The molecule has 94 valence electrons. The Balaban J connectivity index is 2.99. The van der Waals surface area contributed by atoms with Crippen LogP contribution < -0.4 is 10.2 Å². The molecule has 1 aromatic rings. The fraction of sp³-hybridized carbons (Fsp3) is 0.273. The second kappa shape index (κ2) is 5.49. The Morgan fingerprint density at radius 1 is 1.41 bits per heavy atom. The predicted molar refractivity (Wildman–Crippen MR) is 65.0 cm³/mol. The number of hydrogen-bond acceptors (Lipinski definition) is 1. The first-order valence-electron chi connectivity index (χ1n) is 5.03. The largest absolute Gasteiger partial charge is 0.513 e. The van der Waals surface area contributed by atoms with E-state index < -0.39 is 12.4 Å². The molecular weight excluding hydrogens is 251 g/mol. The summed E-state index contributed by atoms with van der Waals surface area (Å²) in [4.78, 5) is 0. The van der Waals surface area contributed by atoms with Gasteiger partial charge in [-0.3, -0.25) is 0 Å². The molecule has 6 heteroatoms. The highest BCUT2D eigenvalue weighted by Gasteiger charge is 2.29. The van der Waals surface area contributed by atoms with Crippen molar-refractivity contribution in [3.8, 4) is 5.75 Å². The van der Waals surface area contributed by atoms with Crippen LogP contribution in [0.3, 0.4) is 0 Å². The Morgan fingerprint density at radius 2 is 2.06 bits per heavy atom. The zero-order valence-corrected chi connectivity index (χ0v) is 10.3. The van der Waals surface area contributed by atoms with E-state index in [4.69, 9.17) is 16.3 Å². The highest BCUT2D eigenvalue weighted by Crippen LogP contribution is 2.19. The van der Waals surface area contributed by atoms with Crippen LogP contribution in [-0.4, -0.2) is 13.6 Å². The van der Waals surface area contributed by atoms with Crippen LogP contribution in [-0.2, 0) is 0 Å². The molecule has 0 aromatic heterocycles. The number of benzene rings is 1. The molecule has 0 spiro atoms. The zero-order chi connectivity index (χ0) is 13.1. The maximum absolute atomic E-state index is 12.8.